The first-order chi connectivity index (χ1) is 5.93. The number of quaternary nitrogens is 1. The minimum absolute atomic E-state index is 0. The number of H-pyrrole nitrogens is 1. The number of rotatable bonds is 1. The molecule has 6 N–H and O–H groups in total. The van der Waals surface area contributed by atoms with Crippen LogP contribution in [-0.2, 0) is 16.9 Å². The van der Waals surface area contributed by atoms with Crippen LogP contribution in [0.3, 0.4) is 0 Å². The van der Waals surface area contributed by atoms with Crippen LogP contribution < -0.4 is 10.7 Å². The maximum Gasteiger partial charge on any atom is 0.175 e. The molecule has 0 aliphatic rings. The van der Waals surface area contributed by atoms with Crippen molar-refractivity contribution in [3.8, 4) is 0 Å². The zero-order valence-electron chi connectivity index (χ0n) is 7.26. The lowest BCUT2D eigenvalue weighted by molar-refractivity contribution is -0.400. The predicted molar refractivity (Wildman–Crippen MR) is 43.7 cm³/mol. The van der Waals surface area contributed by atoms with Crippen LogP contribution in [0.15, 0.2) is 24.5 Å². The molecular formula is C6H12N2O5S. The Morgan fingerprint density at radius 2 is 1.93 bits per heavy atom. The van der Waals surface area contributed by atoms with Gasteiger partial charge in [-0.2, -0.15) is 0 Å². The molecule has 0 saturated heterocycles. The van der Waals surface area contributed by atoms with E-state index >= 15 is 0 Å². The van der Waals surface area contributed by atoms with Crippen molar-refractivity contribution in [1.29, 1.82) is 0 Å². The first-order valence-electron chi connectivity index (χ1n) is 3.34. The molecule has 0 radical (unpaired) electrons. The Bertz CT molecular complexity index is 317. The molecule has 1 aromatic heterocycles. The van der Waals surface area contributed by atoms with E-state index in [2.05, 4.69) is 10.7 Å². The molecule has 0 spiro atoms. The highest BCUT2D eigenvalue weighted by atomic mass is 32.3. The fourth-order valence-corrected chi connectivity index (χ4v) is 0.586. The highest BCUT2D eigenvalue weighted by Gasteiger charge is 1.89. The van der Waals surface area contributed by atoms with Crippen LogP contribution in [0.2, 0.25) is 0 Å². The molecular weight excluding hydrogens is 212 g/mol. The Hall–Kier alpha value is -1.06. The van der Waals surface area contributed by atoms with E-state index in [0.717, 1.165) is 6.54 Å². The van der Waals surface area contributed by atoms with E-state index in [1.165, 1.54) is 5.56 Å². The summed E-state index contributed by atoms with van der Waals surface area (Å²) in [5.41, 5.74) is 4.98. The van der Waals surface area contributed by atoms with E-state index < -0.39 is 10.4 Å². The lowest BCUT2D eigenvalue weighted by atomic mass is 10.3. The van der Waals surface area contributed by atoms with E-state index in [9.17, 15) is 0 Å². The van der Waals surface area contributed by atoms with Gasteiger partial charge in [0.25, 0.3) is 0 Å². The van der Waals surface area contributed by atoms with Gasteiger partial charge < -0.3 is 20.3 Å². The number of aromatic nitrogens is 1. The number of pyridine rings is 1. The monoisotopic (exact) mass is 224 g/mol. The Labute approximate surface area is 81.5 Å². The molecule has 7 nitrogen and oxygen atoms in total. The Balaban J connectivity index is 0. The van der Waals surface area contributed by atoms with Crippen LogP contribution in [0.5, 0.6) is 0 Å². The van der Waals surface area contributed by atoms with Crippen LogP contribution in [0.1, 0.15) is 5.56 Å². The summed E-state index contributed by atoms with van der Waals surface area (Å²) in [5, 5.41) is 0. The van der Waals surface area contributed by atoms with Gasteiger partial charge in [-0.25, -0.2) is 4.98 Å². The molecule has 14 heavy (non-hydrogen) atoms. The molecule has 0 aliphatic heterocycles. The van der Waals surface area contributed by atoms with E-state index in [4.69, 9.17) is 17.5 Å². The summed E-state index contributed by atoms with van der Waals surface area (Å²) in [6.07, 6.45) is 3.84. The van der Waals surface area contributed by atoms with Crippen LogP contribution in [0, 0.1) is 0 Å². The molecule has 1 heterocycles. The lowest BCUT2D eigenvalue weighted by Crippen LogP contribution is -2.47. The zero-order valence-corrected chi connectivity index (χ0v) is 8.08. The van der Waals surface area contributed by atoms with Crippen LogP contribution in [-0.4, -0.2) is 23.0 Å². The second-order valence-electron chi connectivity index (χ2n) is 2.07. The van der Waals surface area contributed by atoms with Crippen LogP contribution in [0.25, 0.3) is 0 Å². The maximum absolute atomic E-state index is 8.52. The third-order valence-electron chi connectivity index (χ3n) is 1.06. The molecule has 1 aromatic rings. The normalized spacial score (nSPS) is 9.36. The summed E-state index contributed by atoms with van der Waals surface area (Å²) in [5.74, 6) is 0. The van der Waals surface area contributed by atoms with Crippen molar-refractivity contribution in [2.75, 3.05) is 0 Å². The minimum atomic E-state index is -5.17. The highest BCUT2D eigenvalue weighted by molar-refractivity contribution is 7.79. The topological polar surface area (TPSA) is 154 Å². The Kier molecular flexibility index (Phi) is 8.10. The number of aromatic amines is 1. The number of hydrogen-bond donors (Lipinski definition) is 1. The first kappa shape index (κ1) is 15.4. The molecule has 1 rings (SSSR count). The fourth-order valence-electron chi connectivity index (χ4n) is 0.586. The summed E-state index contributed by atoms with van der Waals surface area (Å²) >= 11 is 0. The second-order valence-corrected chi connectivity index (χ2v) is 2.89. The number of hydrogen-bond acceptors (Lipinski definition) is 4. The average molecular weight is 224 g/mol. The molecule has 82 valence electrons. The lowest BCUT2D eigenvalue weighted by Gasteiger charge is -2.06. The molecule has 0 saturated carbocycles. The van der Waals surface area contributed by atoms with Gasteiger partial charge in [-0.3, -0.25) is 8.42 Å². The average Bonchev–Trinajstić information content (AvgIpc) is 2.03. The van der Waals surface area contributed by atoms with Crippen LogP contribution in [0.4, 0.5) is 0 Å². The fraction of sp³-hybridized carbons (Fsp3) is 0.167. The van der Waals surface area contributed by atoms with Gasteiger partial charge in [0, 0.05) is 16.5 Å². The molecule has 0 aliphatic carbocycles. The summed E-state index contributed by atoms with van der Waals surface area (Å²) in [4.78, 5) is 2.97. The van der Waals surface area contributed by atoms with E-state index in [0.29, 0.717) is 0 Å². The van der Waals surface area contributed by atoms with Crippen molar-refractivity contribution in [3.05, 3.63) is 30.1 Å². The van der Waals surface area contributed by atoms with Gasteiger partial charge in [-0.15, -0.1) is 0 Å². The summed E-state index contributed by atoms with van der Waals surface area (Å²) in [6.45, 7) is 0.858. The van der Waals surface area contributed by atoms with Crippen LogP contribution >= 0.6 is 0 Å². The molecule has 0 bridgehead atoms. The standard InChI is InChI=1S/C6H8N2.H2O4S.H2O/c7-4-6-2-1-3-8-5-6;1-5(2,3)4;/h1-3,5H,4,7H2;(H2,1,2,3,4);1H2. The number of nitrogens with one attached hydrogen (secondary N) is 1. The molecule has 0 aromatic carbocycles. The maximum atomic E-state index is 8.52. The third-order valence-corrected chi connectivity index (χ3v) is 1.06. The van der Waals surface area contributed by atoms with E-state index in [1.54, 1.807) is 0 Å². The third kappa shape index (κ3) is 13.5. The van der Waals surface area contributed by atoms with Gasteiger partial charge in [0.05, 0.1) is 5.56 Å². The van der Waals surface area contributed by atoms with Gasteiger partial charge in [0.15, 0.2) is 12.4 Å². The van der Waals surface area contributed by atoms with Crippen molar-refractivity contribution >= 4 is 10.4 Å². The van der Waals surface area contributed by atoms with Gasteiger partial charge in [-0.05, 0) is 6.07 Å². The van der Waals surface area contributed by atoms with Crippen molar-refractivity contribution in [1.82, 2.24) is 0 Å². The molecule has 0 fully saturated rings. The van der Waals surface area contributed by atoms with Gasteiger partial charge in [-0.1, -0.05) is 0 Å². The molecule has 0 amide bonds. The zero-order chi connectivity index (χ0) is 10.3. The Morgan fingerprint density at radius 3 is 2.14 bits per heavy atom. The molecule has 0 atom stereocenters. The van der Waals surface area contributed by atoms with Crippen molar-refractivity contribution in [2.24, 2.45) is 0 Å². The molecule has 0 unspecified atom stereocenters. The molecule has 8 heteroatoms. The largest absolute Gasteiger partial charge is 0.759 e. The minimum Gasteiger partial charge on any atom is -0.759 e. The van der Waals surface area contributed by atoms with Crippen molar-refractivity contribution in [3.63, 3.8) is 0 Å². The van der Waals surface area contributed by atoms with E-state index in [-0.39, 0.29) is 5.48 Å². The summed E-state index contributed by atoms with van der Waals surface area (Å²) < 4.78 is 34.1. The van der Waals surface area contributed by atoms with E-state index in [1.807, 2.05) is 24.5 Å². The highest BCUT2D eigenvalue weighted by Crippen LogP contribution is 1.86. The Morgan fingerprint density at radius 1 is 1.43 bits per heavy atom. The van der Waals surface area contributed by atoms with Gasteiger partial charge >= 0.3 is 0 Å². The summed E-state index contributed by atoms with van der Waals surface area (Å²) in [6, 6.07) is 4.02. The van der Waals surface area contributed by atoms with Gasteiger partial charge in [0.1, 0.15) is 6.54 Å². The quantitative estimate of drug-likeness (QED) is 0.400. The van der Waals surface area contributed by atoms with Crippen molar-refractivity contribution < 1.29 is 33.7 Å². The first-order valence-corrected chi connectivity index (χ1v) is 4.67. The smallest absolute Gasteiger partial charge is 0.175 e. The van der Waals surface area contributed by atoms with Crippen molar-refractivity contribution in [2.45, 2.75) is 6.54 Å². The SMILES string of the molecule is O.O=S(=O)([O-])[O-].[NH3+]Cc1ccc[nH+]c1. The second kappa shape index (κ2) is 7.35. The summed E-state index contributed by atoms with van der Waals surface area (Å²) in [7, 11) is -5.17. The van der Waals surface area contributed by atoms with Gasteiger partial charge in [0.2, 0.25) is 0 Å². The predicted octanol–water partition coefficient (Wildman–Crippen LogP) is -2.92.